The normalized spacial score (nSPS) is 21.5. The quantitative estimate of drug-likeness (QED) is 0.796. The predicted octanol–water partition coefficient (Wildman–Crippen LogP) is 4.69. The third-order valence-corrected chi connectivity index (χ3v) is 6.33. The average molecular weight is 340 g/mol. The van der Waals surface area contributed by atoms with Crippen molar-refractivity contribution in [2.45, 2.75) is 69.2 Å². The fourth-order valence-electron chi connectivity index (χ4n) is 3.66. The lowest BCUT2D eigenvalue weighted by atomic mass is 9.89. The highest BCUT2D eigenvalue weighted by atomic mass is 32.2. The second-order valence-electron chi connectivity index (χ2n) is 7.03. The van der Waals surface area contributed by atoms with Gasteiger partial charge in [0.2, 0.25) is 5.16 Å². The summed E-state index contributed by atoms with van der Waals surface area (Å²) in [6.07, 6.45) is 6.37. The average Bonchev–Trinajstić information content (AvgIpc) is 3.00. The lowest BCUT2D eigenvalue weighted by Gasteiger charge is -2.24. The van der Waals surface area contributed by atoms with Crippen LogP contribution >= 0.6 is 11.8 Å². The zero-order chi connectivity index (χ0) is 16.7. The van der Waals surface area contributed by atoms with Gasteiger partial charge in [0.25, 0.3) is 0 Å². The zero-order valence-corrected chi connectivity index (χ0v) is 15.4. The third-order valence-electron chi connectivity index (χ3n) is 5.28. The molecule has 1 aromatic carbocycles. The smallest absolute Gasteiger partial charge is 0.191 e. The Balaban J connectivity index is 1.74. The molecular weight excluding hydrogens is 316 g/mol. The summed E-state index contributed by atoms with van der Waals surface area (Å²) >= 11 is 1.77. The standard InChI is InChI=1S/C19H24N4S/c1-12-9-10-16(11-13(12)2)17-14(3)24-19-21-20-18(23(19)22-17)15-7-5-4-6-8-15/h9-11,14-15H,4-8H2,1-3H3/t14-/m0/s1. The van der Waals surface area contributed by atoms with Crippen molar-refractivity contribution >= 4 is 17.5 Å². The van der Waals surface area contributed by atoms with E-state index in [9.17, 15) is 0 Å². The zero-order valence-electron chi connectivity index (χ0n) is 14.6. The van der Waals surface area contributed by atoms with Gasteiger partial charge in [-0.3, -0.25) is 0 Å². The molecule has 0 unspecified atom stereocenters. The maximum absolute atomic E-state index is 4.99. The molecule has 0 amide bonds. The van der Waals surface area contributed by atoms with Crippen LogP contribution in [0.3, 0.4) is 0 Å². The molecule has 2 heterocycles. The van der Waals surface area contributed by atoms with Crippen molar-refractivity contribution in [3.8, 4) is 0 Å². The maximum atomic E-state index is 4.99. The first-order chi connectivity index (χ1) is 11.6. The number of aryl methyl sites for hydroxylation is 2. The number of fused-ring (bicyclic) bond motifs is 1. The molecule has 2 aromatic rings. The van der Waals surface area contributed by atoms with Crippen LogP contribution in [-0.4, -0.2) is 25.8 Å². The molecular formula is C19H24N4S. The van der Waals surface area contributed by atoms with E-state index in [1.165, 1.54) is 48.8 Å². The number of benzene rings is 1. The van der Waals surface area contributed by atoms with Crippen molar-refractivity contribution in [1.82, 2.24) is 14.9 Å². The van der Waals surface area contributed by atoms with Crippen molar-refractivity contribution < 1.29 is 0 Å². The van der Waals surface area contributed by atoms with E-state index in [-0.39, 0.29) is 0 Å². The van der Waals surface area contributed by atoms with Gasteiger partial charge in [-0.15, -0.1) is 10.2 Å². The number of nitrogens with zero attached hydrogens (tertiary/aromatic N) is 4. The van der Waals surface area contributed by atoms with Gasteiger partial charge in [0.1, 0.15) is 0 Å². The molecule has 1 aliphatic heterocycles. The van der Waals surface area contributed by atoms with E-state index in [0.717, 1.165) is 16.7 Å². The summed E-state index contributed by atoms with van der Waals surface area (Å²) in [6, 6.07) is 6.63. The Hall–Kier alpha value is -1.62. The highest BCUT2D eigenvalue weighted by molar-refractivity contribution is 8.00. The summed E-state index contributed by atoms with van der Waals surface area (Å²) in [7, 11) is 0. The van der Waals surface area contributed by atoms with Crippen molar-refractivity contribution in [3.63, 3.8) is 0 Å². The van der Waals surface area contributed by atoms with Crippen molar-refractivity contribution in [2.24, 2.45) is 5.10 Å². The molecule has 4 nitrogen and oxygen atoms in total. The summed E-state index contributed by atoms with van der Waals surface area (Å²) in [5.41, 5.74) is 4.98. The summed E-state index contributed by atoms with van der Waals surface area (Å²) in [5, 5.41) is 15.1. The minimum absolute atomic E-state index is 0.294. The van der Waals surface area contributed by atoms with Crippen LogP contribution in [0.2, 0.25) is 0 Å². The van der Waals surface area contributed by atoms with E-state index in [0.29, 0.717) is 11.2 Å². The van der Waals surface area contributed by atoms with E-state index in [2.05, 4.69) is 49.2 Å². The minimum Gasteiger partial charge on any atom is -0.191 e. The van der Waals surface area contributed by atoms with Gasteiger partial charge < -0.3 is 0 Å². The monoisotopic (exact) mass is 340 g/mol. The van der Waals surface area contributed by atoms with Gasteiger partial charge in [-0.1, -0.05) is 43.2 Å². The fourth-order valence-corrected chi connectivity index (χ4v) is 4.59. The predicted molar refractivity (Wildman–Crippen MR) is 99.0 cm³/mol. The molecule has 5 heteroatoms. The van der Waals surface area contributed by atoms with Gasteiger partial charge in [-0.05, 0) is 56.4 Å². The van der Waals surface area contributed by atoms with Crippen LogP contribution < -0.4 is 0 Å². The SMILES string of the molecule is Cc1ccc(C2=Nn3c(nnc3C3CCCCC3)S[C@H]2C)cc1C. The van der Waals surface area contributed by atoms with Crippen LogP contribution in [0.1, 0.15) is 67.5 Å². The van der Waals surface area contributed by atoms with Crippen molar-refractivity contribution in [2.75, 3.05) is 0 Å². The lowest BCUT2D eigenvalue weighted by Crippen LogP contribution is -2.23. The third kappa shape index (κ3) is 2.79. The molecule has 126 valence electrons. The molecule has 0 spiro atoms. The van der Waals surface area contributed by atoms with Gasteiger partial charge in [0, 0.05) is 5.92 Å². The molecule has 0 bridgehead atoms. The Bertz CT molecular complexity index is 787. The molecule has 24 heavy (non-hydrogen) atoms. The Morgan fingerprint density at radius 1 is 1.04 bits per heavy atom. The van der Waals surface area contributed by atoms with Crippen LogP contribution in [0.15, 0.2) is 28.5 Å². The van der Waals surface area contributed by atoms with Crippen LogP contribution in [0.25, 0.3) is 0 Å². The largest absolute Gasteiger partial charge is 0.212 e. The summed E-state index contributed by atoms with van der Waals surface area (Å²) in [6.45, 7) is 6.52. The molecule has 2 aliphatic rings. The first kappa shape index (κ1) is 15.9. The minimum atomic E-state index is 0.294. The lowest BCUT2D eigenvalue weighted by molar-refractivity contribution is 0.417. The molecule has 0 saturated heterocycles. The van der Waals surface area contributed by atoms with Gasteiger partial charge in [0.05, 0.1) is 11.0 Å². The Kier molecular flexibility index (Phi) is 4.21. The van der Waals surface area contributed by atoms with Gasteiger partial charge in [-0.2, -0.15) is 9.78 Å². The molecule has 0 radical (unpaired) electrons. The molecule has 4 rings (SSSR count). The summed E-state index contributed by atoms with van der Waals surface area (Å²) in [5.74, 6) is 1.57. The summed E-state index contributed by atoms with van der Waals surface area (Å²) in [4.78, 5) is 0. The molecule has 0 N–H and O–H groups in total. The van der Waals surface area contributed by atoms with E-state index in [1.54, 1.807) is 11.8 Å². The number of hydrogen-bond acceptors (Lipinski definition) is 4. The van der Waals surface area contributed by atoms with E-state index in [4.69, 9.17) is 5.10 Å². The van der Waals surface area contributed by atoms with Crippen LogP contribution in [0, 0.1) is 13.8 Å². The van der Waals surface area contributed by atoms with E-state index < -0.39 is 0 Å². The first-order valence-corrected chi connectivity index (χ1v) is 9.80. The second kappa shape index (κ2) is 6.36. The van der Waals surface area contributed by atoms with E-state index in [1.807, 2.05) is 4.68 Å². The molecule has 1 aliphatic carbocycles. The highest BCUT2D eigenvalue weighted by Crippen LogP contribution is 2.36. The Labute approximate surface area is 147 Å². The van der Waals surface area contributed by atoms with E-state index >= 15 is 0 Å². The molecule has 1 saturated carbocycles. The number of rotatable bonds is 2. The summed E-state index contributed by atoms with van der Waals surface area (Å²) < 4.78 is 2.02. The van der Waals surface area contributed by atoms with Crippen molar-refractivity contribution in [1.29, 1.82) is 0 Å². The van der Waals surface area contributed by atoms with Crippen LogP contribution in [0.5, 0.6) is 0 Å². The number of thioether (sulfide) groups is 1. The van der Waals surface area contributed by atoms with Crippen LogP contribution in [0.4, 0.5) is 0 Å². The fraction of sp³-hybridized carbons (Fsp3) is 0.526. The molecule has 1 aromatic heterocycles. The first-order valence-electron chi connectivity index (χ1n) is 8.92. The Morgan fingerprint density at radius 3 is 2.58 bits per heavy atom. The molecule has 1 atom stereocenters. The topological polar surface area (TPSA) is 43.1 Å². The number of aromatic nitrogens is 3. The van der Waals surface area contributed by atoms with Gasteiger partial charge >= 0.3 is 0 Å². The Morgan fingerprint density at radius 2 is 1.83 bits per heavy atom. The maximum Gasteiger partial charge on any atom is 0.212 e. The second-order valence-corrected chi connectivity index (χ2v) is 8.34. The van der Waals surface area contributed by atoms with Crippen molar-refractivity contribution in [3.05, 3.63) is 40.7 Å². The molecule has 1 fully saturated rings. The van der Waals surface area contributed by atoms with Gasteiger partial charge in [-0.25, -0.2) is 0 Å². The van der Waals surface area contributed by atoms with Crippen LogP contribution in [-0.2, 0) is 0 Å². The van der Waals surface area contributed by atoms with Gasteiger partial charge in [0.15, 0.2) is 5.82 Å². The highest BCUT2D eigenvalue weighted by Gasteiger charge is 2.29. The number of hydrogen-bond donors (Lipinski definition) is 0.